The molecule has 5 heteroatoms. The molecule has 2 amide bonds. The topological polar surface area (TPSA) is 71.1 Å². The van der Waals surface area contributed by atoms with Crippen LogP contribution < -0.4 is 10.6 Å². The van der Waals surface area contributed by atoms with Gasteiger partial charge in [0, 0.05) is 25.2 Å². The smallest absolute Gasteiger partial charge is 0.269 e. The van der Waals surface area contributed by atoms with E-state index in [4.69, 9.17) is 0 Å². The first-order valence-electron chi connectivity index (χ1n) is 9.23. The minimum absolute atomic E-state index is 0.0847. The summed E-state index contributed by atoms with van der Waals surface area (Å²) in [5, 5.41) is 6.00. The number of carbonyl (C=O) groups is 2. The maximum atomic E-state index is 12.3. The van der Waals surface area contributed by atoms with Crippen LogP contribution in [0.2, 0.25) is 0 Å². The van der Waals surface area contributed by atoms with Gasteiger partial charge in [-0.05, 0) is 49.3 Å². The van der Waals surface area contributed by atoms with Gasteiger partial charge in [0.15, 0.2) is 0 Å². The number of benzene rings is 1. The highest BCUT2D eigenvalue weighted by molar-refractivity contribution is 5.92. The summed E-state index contributed by atoms with van der Waals surface area (Å²) in [6.45, 7) is 1.23. The first-order chi connectivity index (χ1) is 12.7. The Hall–Kier alpha value is -2.69. The highest BCUT2D eigenvalue weighted by Gasteiger charge is 2.26. The quantitative estimate of drug-likeness (QED) is 0.840. The maximum absolute atomic E-state index is 12.3. The van der Waals surface area contributed by atoms with Gasteiger partial charge in [0.05, 0.1) is 0 Å². The van der Waals surface area contributed by atoms with Crippen molar-refractivity contribution in [1.29, 1.82) is 0 Å². The third-order valence-electron chi connectivity index (χ3n) is 4.98. The number of pyridine rings is 1. The van der Waals surface area contributed by atoms with E-state index in [0.29, 0.717) is 24.7 Å². The van der Waals surface area contributed by atoms with Gasteiger partial charge in [-0.25, -0.2) is 0 Å². The van der Waals surface area contributed by atoms with E-state index >= 15 is 0 Å². The average molecular weight is 351 g/mol. The van der Waals surface area contributed by atoms with Crippen molar-refractivity contribution in [1.82, 2.24) is 15.6 Å². The molecule has 1 aliphatic rings. The van der Waals surface area contributed by atoms with Gasteiger partial charge in [0.1, 0.15) is 5.69 Å². The van der Waals surface area contributed by atoms with Gasteiger partial charge in [-0.3, -0.25) is 14.6 Å². The van der Waals surface area contributed by atoms with Crippen molar-refractivity contribution < 1.29 is 9.59 Å². The average Bonchev–Trinajstić information content (AvgIpc) is 2.72. The Labute approximate surface area is 154 Å². The molecule has 26 heavy (non-hydrogen) atoms. The molecule has 1 saturated carbocycles. The Morgan fingerprint density at radius 1 is 0.923 bits per heavy atom. The lowest BCUT2D eigenvalue weighted by Crippen LogP contribution is -2.36. The normalized spacial score (nSPS) is 19.5. The monoisotopic (exact) mass is 351 g/mol. The molecule has 1 aliphatic carbocycles. The van der Waals surface area contributed by atoms with Crippen molar-refractivity contribution in [3.05, 3.63) is 66.0 Å². The van der Waals surface area contributed by atoms with Gasteiger partial charge in [-0.15, -0.1) is 0 Å². The minimum Gasteiger partial charge on any atom is -0.352 e. The summed E-state index contributed by atoms with van der Waals surface area (Å²) in [5.74, 6) is 0.528. The molecule has 0 unspecified atom stereocenters. The van der Waals surface area contributed by atoms with E-state index in [1.807, 2.05) is 30.3 Å². The fourth-order valence-corrected chi connectivity index (χ4v) is 3.38. The van der Waals surface area contributed by atoms with E-state index in [1.54, 1.807) is 24.4 Å². The van der Waals surface area contributed by atoms with Gasteiger partial charge in [-0.2, -0.15) is 0 Å². The molecule has 0 spiro atoms. The molecule has 1 fully saturated rings. The van der Waals surface area contributed by atoms with Gasteiger partial charge in [0.25, 0.3) is 5.91 Å². The summed E-state index contributed by atoms with van der Waals surface area (Å²) >= 11 is 0. The molecule has 136 valence electrons. The molecule has 1 heterocycles. The van der Waals surface area contributed by atoms with Crippen molar-refractivity contribution in [3.8, 4) is 0 Å². The van der Waals surface area contributed by atoms with Crippen molar-refractivity contribution in [2.75, 3.05) is 6.54 Å². The third kappa shape index (κ3) is 5.15. The molecule has 1 aromatic carbocycles. The SMILES string of the molecule is O=C(NCC1CCC(C(=O)NCc2ccccc2)CC1)c1ccccn1. The number of nitrogens with zero attached hydrogens (tertiary/aromatic N) is 1. The van der Waals surface area contributed by atoms with Crippen molar-refractivity contribution >= 4 is 11.8 Å². The Kier molecular flexibility index (Phi) is 6.36. The molecular weight excluding hydrogens is 326 g/mol. The van der Waals surface area contributed by atoms with E-state index in [1.165, 1.54) is 0 Å². The third-order valence-corrected chi connectivity index (χ3v) is 4.98. The lowest BCUT2D eigenvalue weighted by molar-refractivity contribution is -0.126. The highest BCUT2D eigenvalue weighted by Crippen LogP contribution is 2.28. The van der Waals surface area contributed by atoms with E-state index in [-0.39, 0.29) is 17.7 Å². The number of carbonyl (C=O) groups excluding carboxylic acids is 2. The summed E-state index contributed by atoms with van der Waals surface area (Å²) in [5.41, 5.74) is 1.56. The van der Waals surface area contributed by atoms with Crippen LogP contribution in [0.5, 0.6) is 0 Å². The number of aromatic nitrogens is 1. The summed E-state index contributed by atoms with van der Waals surface area (Å²) in [6.07, 6.45) is 5.31. The summed E-state index contributed by atoms with van der Waals surface area (Å²) in [4.78, 5) is 28.4. The molecule has 1 aromatic heterocycles. The standard InChI is InChI=1S/C21H25N3O2/c25-20(23-14-16-6-2-1-3-7-16)18-11-9-17(10-12-18)15-24-21(26)19-8-4-5-13-22-19/h1-8,13,17-18H,9-12,14-15H2,(H,23,25)(H,24,26). The molecule has 2 aromatic rings. The zero-order valence-electron chi connectivity index (χ0n) is 14.9. The van der Waals surface area contributed by atoms with Crippen LogP contribution in [0.25, 0.3) is 0 Å². The molecule has 0 saturated heterocycles. The summed E-state index contributed by atoms with van der Waals surface area (Å²) in [6, 6.07) is 15.3. The fourth-order valence-electron chi connectivity index (χ4n) is 3.38. The van der Waals surface area contributed by atoms with E-state index in [2.05, 4.69) is 15.6 Å². The molecule has 0 aliphatic heterocycles. The minimum atomic E-state index is -0.131. The molecule has 3 rings (SSSR count). The zero-order valence-corrected chi connectivity index (χ0v) is 14.9. The van der Waals surface area contributed by atoms with Crippen molar-refractivity contribution in [2.45, 2.75) is 32.2 Å². The summed E-state index contributed by atoms with van der Waals surface area (Å²) < 4.78 is 0. The second-order valence-corrected chi connectivity index (χ2v) is 6.85. The van der Waals surface area contributed by atoms with E-state index in [9.17, 15) is 9.59 Å². The van der Waals surface area contributed by atoms with Crippen LogP contribution in [0.15, 0.2) is 54.7 Å². The molecular formula is C21H25N3O2. The Balaban J connectivity index is 1.37. The van der Waals surface area contributed by atoms with Gasteiger partial charge in [0.2, 0.25) is 5.91 Å². The van der Waals surface area contributed by atoms with Crippen molar-refractivity contribution in [3.63, 3.8) is 0 Å². The Bertz CT molecular complexity index is 711. The maximum Gasteiger partial charge on any atom is 0.269 e. The predicted molar refractivity (Wildman–Crippen MR) is 100 cm³/mol. The van der Waals surface area contributed by atoms with Crippen molar-refractivity contribution in [2.24, 2.45) is 11.8 Å². The number of amides is 2. The molecule has 0 atom stereocenters. The van der Waals surface area contributed by atoms with Crippen LogP contribution in [0.1, 0.15) is 41.7 Å². The van der Waals surface area contributed by atoms with Gasteiger partial charge < -0.3 is 10.6 Å². The molecule has 0 radical (unpaired) electrons. The van der Waals surface area contributed by atoms with Crippen LogP contribution in [0.4, 0.5) is 0 Å². The number of nitrogens with one attached hydrogen (secondary N) is 2. The predicted octanol–water partition coefficient (Wildman–Crippen LogP) is 2.93. The first-order valence-corrected chi connectivity index (χ1v) is 9.23. The second kappa shape index (κ2) is 9.13. The van der Waals surface area contributed by atoms with Crippen LogP contribution in [0.3, 0.4) is 0 Å². The van der Waals surface area contributed by atoms with Gasteiger partial charge >= 0.3 is 0 Å². The molecule has 5 nitrogen and oxygen atoms in total. The highest BCUT2D eigenvalue weighted by atomic mass is 16.2. The van der Waals surface area contributed by atoms with Crippen LogP contribution >= 0.6 is 0 Å². The molecule has 0 bridgehead atoms. The second-order valence-electron chi connectivity index (χ2n) is 6.85. The number of hydrogen-bond acceptors (Lipinski definition) is 3. The van der Waals surface area contributed by atoms with E-state index in [0.717, 1.165) is 31.2 Å². The summed E-state index contributed by atoms with van der Waals surface area (Å²) in [7, 11) is 0. The van der Waals surface area contributed by atoms with Gasteiger partial charge in [-0.1, -0.05) is 36.4 Å². The largest absolute Gasteiger partial charge is 0.352 e. The lowest BCUT2D eigenvalue weighted by Gasteiger charge is -2.27. The van der Waals surface area contributed by atoms with Crippen LogP contribution in [-0.2, 0) is 11.3 Å². The fraction of sp³-hybridized carbons (Fsp3) is 0.381. The molecule has 2 N–H and O–H groups in total. The number of rotatable bonds is 6. The van der Waals surface area contributed by atoms with Crippen LogP contribution in [-0.4, -0.2) is 23.3 Å². The Morgan fingerprint density at radius 2 is 1.65 bits per heavy atom. The number of hydrogen-bond donors (Lipinski definition) is 2. The Morgan fingerprint density at radius 3 is 2.35 bits per heavy atom. The van der Waals surface area contributed by atoms with E-state index < -0.39 is 0 Å². The lowest BCUT2D eigenvalue weighted by atomic mass is 9.81. The first kappa shape index (κ1) is 18.1. The zero-order chi connectivity index (χ0) is 18.2. The van der Waals surface area contributed by atoms with Crippen LogP contribution in [0, 0.1) is 11.8 Å².